The van der Waals surface area contributed by atoms with Crippen molar-refractivity contribution in [3.63, 3.8) is 0 Å². The van der Waals surface area contributed by atoms with E-state index >= 15 is 0 Å². The average molecular weight is 268 g/mol. The van der Waals surface area contributed by atoms with E-state index in [1.807, 2.05) is 0 Å². The van der Waals surface area contributed by atoms with E-state index in [4.69, 9.17) is 5.73 Å². The van der Waals surface area contributed by atoms with Gasteiger partial charge in [-0.25, -0.2) is 4.68 Å². The molecule has 0 atom stereocenters. The zero-order chi connectivity index (χ0) is 13.6. The van der Waals surface area contributed by atoms with Crippen LogP contribution in [0.3, 0.4) is 0 Å². The Balaban J connectivity index is 1.94. The van der Waals surface area contributed by atoms with Gasteiger partial charge in [0.25, 0.3) is 0 Å². The predicted octanol–water partition coefficient (Wildman–Crippen LogP) is 2.88. The quantitative estimate of drug-likeness (QED) is 0.911. The molecule has 3 rings (SSSR count). The second kappa shape index (κ2) is 3.97. The Labute approximate surface area is 107 Å². The Bertz CT molecular complexity index is 596. The van der Waals surface area contributed by atoms with Crippen molar-refractivity contribution in [1.29, 1.82) is 0 Å². The van der Waals surface area contributed by atoms with Gasteiger partial charge < -0.3 is 5.73 Å². The number of hydrogen-bond acceptors (Lipinski definition) is 3. The molecule has 0 radical (unpaired) electrons. The summed E-state index contributed by atoms with van der Waals surface area (Å²) in [6.45, 7) is 0. The minimum Gasteiger partial charge on any atom is -0.382 e. The van der Waals surface area contributed by atoms with Crippen LogP contribution in [0.5, 0.6) is 0 Å². The zero-order valence-corrected chi connectivity index (χ0v) is 9.85. The lowest BCUT2D eigenvalue weighted by molar-refractivity contribution is -0.137. The summed E-state index contributed by atoms with van der Waals surface area (Å²) in [6, 6.07) is 5.05. The molecule has 2 aromatic rings. The summed E-state index contributed by atoms with van der Waals surface area (Å²) in [7, 11) is 0. The Morgan fingerprint density at radius 1 is 1.16 bits per heavy atom. The molecule has 0 amide bonds. The van der Waals surface area contributed by atoms with Gasteiger partial charge >= 0.3 is 6.18 Å². The Kier molecular flexibility index (Phi) is 2.51. The predicted molar refractivity (Wildman–Crippen MR) is 63.1 cm³/mol. The number of rotatable bonds is 2. The monoisotopic (exact) mass is 268 g/mol. The molecule has 19 heavy (non-hydrogen) atoms. The fourth-order valence-corrected chi connectivity index (χ4v) is 1.91. The van der Waals surface area contributed by atoms with Crippen LogP contribution in [0, 0.1) is 0 Å². The van der Waals surface area contributed by atoms with Gasteiger partial charge in [0.1, 0.15) is 5.69 Å². The number of benzene rings is 1. The lowest BCUT2D eigenvalue weighted by Gasteiger charge is -2.07. The van der Waals surface area contributed by atoms with Gasteiger partial charge in [0.2, 0.25) is 0 Å². The number of halogens is 3. The van der Waals surface area contributed by atoms with Gasteiger partial charge in [0.15, 0.2) is 5.82 Å². The van der Waals surface area contributed by atoms with Crippen molar-refractivity contribution in [2.45, 2.75) is 25.1 Å². The molecule has 7 heteroatoms. The second-order valence-corrected chi connectivity index (χ2v) is 4.57. The number of anilines is 1. The summed E-state index contributed by atoms with van der Waals surface area (Å²) in [5.74, 6) is 0.405. The minimum atomic E-state index is -4.34. The molecule has 4 nitrogen and oxygen atoms in total. The fraction of sp³-hybridized carbons (Fsp3) is 0.333. The van der Waals surface area contributed by atoms with Gasteiger partial charge in [-0.05, 0) is 25.0 Å². The van der Waals surface area contributed by atoms with Crippen molar-refractivity contribution in [1.82, 2.24) is 15.0 Å². The van der Waals surface area contributed by atoms with Crippen LogP contribution in [0.4, 0.5) is 19.0 Å². The maximum atomic E-state index is 12.5. The van der Waals surface area contributed by atoms with Gasteiger partial charge in [0, 0.05) is 5.56 Å². The molecule has 0 saturated heterocycles. The Hall–Kier alpha value is -2.05. The largest absolute Gasteiger partial charge is 0.416 e. The first-order valence-electron chi connectivity index (χ1n) is 5.85. The maximum absolute atomic E-state index is 12.5. The lowest BCUT2D eigenvalue weighted by Crippen LogP contribution is -2.04. The van der Waals surface area contributed by atoms with E-state index in [0.29, 0.717) is 17.1 Å². The number of aromatic nitrogens is 3. The van der Waals surface area contributed by atoms with Crippen molar-refractivity contribution < 1.29 is 13.2 Å². The van der Waals surface area contributed by atoms with E-state index in [1.165, 1.54) is 12.1 Å². The number of nitrogens with two attached hydrogens (primary N) is 1. The lowest BCUT2D eigenvalue weighted by atomic mass is 10.1. The smallest absolute Gasteiger partial charge is 0.382 e. The van der Waals surface area contributed by atoms with Crippen LogP contribution in [-0.2, 0) is 6.18 Å². The van der Waals surface area contributed by atoms with Gasteiger partial charge in [-0.1, -0.05) is 17.3 Å². The SMILES string of the molecule is Nc1c(-c2ccc(C(F)(F)F)cc2)nnn1C1CC1. The number of alkyl halides is 3. The molecule has 0 aliphatic heterocycles. The second-order valence-electron chi connectivity index (χ2n) is 4.57. The van der Waals surface area contributed by atoms with Gasteiger partial charge in [-0.3, -0.25) is 0 Å². The standard InChI is InChI=1S/C12H11F3N4/c13-12(14,15)8-3-1-7(2-4-8)10-11(16)19(18-17-10)9-5-6-9/h1-4,9H,5-6,16H2. The van der Waals surface area contributed by atoms with Gasteiger partial charge in [-0.15, -0.1) is 5.10 Å². The fourth-order valence-electron chi connectivity index (χ4n) is 1.91. The highest BCUT2D eigenvalue weighted by Crippen LogP contribution is 2.38. The third-order valence-corrected chi connectivity index (χ3v) is 3.11. The van der Waals surface area contributed by atoms with E-state index in [0.717, 1.165) is 25.0 Å². The molecular formula is C12H11F3N4. The van der Waals surface area contributed by atoms with E-state index in [-0.39, 0.29) is 6.04 Å². The molecule has 2 N–H and O–H groups in total. The highest BCUT2D eigenvalue weighted by Gasteiger charge is 2.31. The molecule has 1 heterocycles. The summed E-state index contributed by atoms with van der Waals surface area (Å²) < 4.78 is 39.0. The van der Waals surface area contributed by atoms with E-state index in [1.54, 1.807) is 4.68 Å². The van der Waals surface area contributed by atoms with E-state index in [9.17, 15) is 13.2 Å². The van der Waals surface area contributed by atoms with Crippen molar-refractivity contribution >= 4 is 5.82 Å². The first-order chi connectivity index (χ1) is 8.97. The summed E-state index contributed by atoms with van der Waals surface area (Å²) in [5, 5.41) is 7.89. The summed E-state index contributed by atoms with van der Waals surface area (Å²) in [6.07, 6.45) is -2.31. The topological polar surface area (TPSA) is 56.7 Å². The van der Waals surface area contributed by atoms with E-state index < -0.39 is 11.7 Å². The van der Waals surface area contributed by atoms with Crippen LogP contribution < -0.4 is 5.73 Å². The molecule has 0 unspecified atom stereocenters. The molecule has 0 bridgehead atoms. The third kappa shape index (κ3) is 2.16. The molecule has 1 saturated carbocycles. The maximum Gasteiger partial charge on any atom is 0.416 e. The normalized spacial score (nSPS) is 15.7. The van der Waals surface area contributed by atoms with Crippen molar-refractivity contribution in [3.8, 4) is 11.3 Å². The van der Waals surface area contributed by atoms with Gasteiger partial charge in [0.05, 0.1) is 11.6 Å². The summed E-state index contributed by atoms with van der Waals surface area (Å²) in [4.78, 5) is 0. The molecule has 0 spiro atoms. The average Bonchev–Trinajstić information content (AvgIpc) is 3.12. The van der Waals surface area contributed by atoms with Crippen LogP contribution in [0.2, 0.25) is 0 Å². The molecule has 1 aromatic carbocycles. The third-order valence-electron chi connectivity index (χ3n) is 3.11. The Morgan fingerprint density at radius 2 is 1.79 bits per heavy atom. The van der Waals surface area contributed by atoms with Gasteiger partial charge in [-0.2, -0.15) is 13.2 Å². The highest BCUT2D eigenvalue weighted by molar-refractivity contribution is 5.69. The van der Waals surface area contributed by atoms with E-state index in [2.05, 4.69) is 10.3 Å². The molecule has 1 aliphatic carbocycles. The highest BCUT2D eigenvalue weighted by atomic mass is 19.4. The molecule has 1 aliphatic rings. The van der Waals surface area contributed by atoms with Crippen molar-refractivity contribution in [3.05, 3.63) is 29.8 Å². The van der Waals surface area contributed by atoms with Crippen molar-refractivity contribution in [2.75, 3.05) is 5.73 Å². The first-order valence-corrected chi connectivity index (χ1v) is 5.85. The number of hydrogen-bond donors (Lipinski definition) is 1. The summed E-state index contributed by atoms with van der Waals surface area (Å²) >= 11 is 0. The molecular weight excluding hydrogens is 257 g/mol. The molecule has 1 fully saturated rings. The zero-order valence-electron chi connectivity index (χ0n) is 9.85. The minimum absolute atomic E-state index is 0.288. The van der Waals surface area contributed by atoms with Crippen molar-refractivity contribution in [2.24, 2.45) is 0 Å². The first kappa shape index (κ1) is 12.0. The van der Waals surface area contributed by atoms with Crippen LogP contribution in [0.1, 0.15) is 24.4 Å². The molecule has 1 aromatic heterocycles. The number of nitrogen functional groups attached to an aromatic ring is 1. The van der Waals surface area contributed by atoms with Crippen LogP contribution in [-0.4, -0.2) is 15.0 Å². The van der Waals surface area contributed by atoms with Crippen LogP contribution in [0.25, 0.3) is 11.3 Å². The molecule has 100 valence electrons. The summed E-state index contributed by atoms with van der Waals surface area (Å²) in [5.41, 5.74) is 6.20. The number of nitrogens with zero attached hydrogens (tertiary/aromatic N) is 3. The Morgan fingerprint density at radius 3 is 2.32 bits per heavy atom. The van der Waals surface area contributed by atoms with Crippen LogP contribution >= 0.6 is 0 Å². The van der Waals surface area contributed by atoms with Crippen LogP contribution in [0.15, 0.2) is 24.3 Å².